The first-order valence-corrected chi connectivity index (χ1v) is 10.0. The number of hydrogen-bond acceptors (Lipinski definition) is 5. The molecular weight excluding hydrogens is 427 g/mol. The molecule has 4 rings (SSSR count). The lowest BCUT2D eigenvalue weighted by molar-refractivity contribution is 0.102. The first-order valence-electron chi connectivity index (χ1n) is 8.79. The number of nitrogens with zero attached hydrogens (tertiary/aromatic N) is 3. The highest BCUT2D eigenvalue weighted by Crippen LogP contribution is 2.24. The summed E-state index contributed by atoms with van der Waals surface area (Å²) in [6.07, 6.45) is 2.80. The summed E-state index contributed by atoms with van der Waals surface area (Å²) in [5.74, 6) is -0.855. The number of pyridine rings is 2. The Balaban J connectivity index is 1.58. The standard InChI is InChI=1S/C21H14ClFN4O2S/c1-12-2-4-15(9-16(12)22)27-10-13(3-5-19(27)28)20(29)26-21-25-18(11-30-21)17-8-14(23)6-7-24-17/h2-11H,1H3,(H,25,26,29). The summed E-state index contributed by atoms with van der Waals surface area (Å²) in [5, 5.41) is 5.21. The van der Waals surface area contributed by atoms with Crippen LogP contribution in [0.25, 0.3) is 17.1 Å². The van der Waals surface area contributed by atoms with Gasteiger partial charge in [-0.25, -0.2) is 9.37 Å². The number of aromatic nitrogens is 3. The number of carbonyl (C=O) groups excluding carboxylic acids is 1. The first kappa shape index (κ1) is 19.9. The van der Waals surface area contributed by atoms with Crippen LogP contribution in [0.1, 0.15) is 15.9 Å². The molecule has 150 valence electrons. The molecule has 9 heteroatoms. The van der Waals surface area contributed by atoms with Crippen LogP contribution in [0.15, 0.2) is 65.0 Å². The number of rotatable bonds is 4. The van der Waals surface area contributed by atoms with Crippen molar-refractivity contribution in [3.8, 4) is 17.1 Å². The SMILES string of the molecule is Cc1ccc(-n2cc(C(=O)Nc3nc(-c4cc(F)ccn4)cs3)ccc2=O)cc1Cl. The Hall–Kier alpha value is -3.36. The van der Waals surface area contributed by atoms with Gasteiger partial charge in [-0.3, -0.25) is 24.5 Å². The minimum absolute atomic E-state index is 0.270. The van der Waals surface area contributed by atoms with E-state index in [9.17, 15) is 14.0 Å². The minimum atomic E-state index is -0.435. The third kappa shape index (κ3) is 4.14. The van der Waals surface area contributed by atoms with E-state index in [-0.39, 0.29) is 11.1 Å². The fourth-order valence-electron chi connectivity index (χ4n) is 2.72. The molecule has 0 saturated heterocycles. The smallest absolute Gasteiger partial charge is 0.258 e. The number of halogens is 2. The molecule has 1 amide bonds. The molecule has 0 bridgehead atoms. The lowest BCUT2D eigenvalue weighted by Crippen LogP contribution is -2.20. The molecule has 6 nitrogen and oxygen atoms in total. The summed E-state index contributed by atoms with van der Waals surface area (Å²) in [5.41, 5.74) is 2.24. The van der Waals surface area contributed by atoms with Gasteiger partial charge in [0.2, 0.25) is 0 Å². The van der Waals surface area contributed by atoms with Crippen LogP contribution in [-0.2, 0) is 0 Å². The monoisotopic (exact) mass is 440 g/mol. The number of aryl methyl sites for hydroxylation is 1. The van der Waals surface area contributed by atoms with Gasteiger partial charge in [-0.2, -0.15) is 0 Å². The number of carbonyl (C=O) groups is 1. The van der Waals surface area contributed by atoms with Gasteiger partial charge in [0.05, 0.1) is 16.9 Å². The normalized spacial score (nSPS) is 10.8. The molecule has 1 aromatic carbocycles. The molecule has 3 aromatic heterocycles. The number of thiazole rings is 1. The highest BCUT2D eigenvalue weighted by Gasteiger charge is 2.13. The predicted molar refractivity (Wildman–Crippen MR) is 115 cm³/mol. The average Bonchev–Trinajstić information content (AvgIpc) is 3.19. The van der Waals surface area contributed by atoms with Gasteiger partial charge in [-0.05, 0) is 36.8 Å². The van der Waals surface area contributed by atoms with Crippen LogP contribution in [-0.4, -0.2) is 20.4 Å². The fraction of sp³-hybridized carbons (Fsp3) is 0.0476. The summed E-state index contributed by atoms with van der Waals surface area (Å²) < 4.78 is 14.7. The summed E-state index contributed by atoms with van der Waals surface area (Å²) in [7, 11) is 0. The molecule has 0 saturated carbocycles. The van der Waals surface area contributed by atoms with Crippen molar-refractivity contribution in [1.82, 2.24) is 14.5 Å². The number of amides is 1. The average molecular weight is 441 g/mol. The van der Waals surface area contributed by atoms with E-state index in [2.05, 4.69) is 15.3 Å². The van der Waals surface area contributed by atoms with Crippen LogP contribution in [0.5, 0.6) is 0 Å². The van der Waals surface area contributed by atoms with E-state index >= 15 is 0 Å². The maximum Gasteiger partial charge on any atom is 0.258 e. The molecule has 0 unspecified atom stereocenters. The Morgan fingerprint density at radius 2 is 2.00 bits per heavy atom. The van der Waals surface area contributed by atoms with E-state index in [1.807, 2.05) is 6.92 Å². The third-order valence-corrected chi connectivity index (χ3v) is 5.48. The number of benzene rings is 1. The van der Waals surface area contributed by atoms with Crippen LogP contribution < -0.4 is 10.9 Å². The molecule has 0 atom stereocenters. The molecule has 0 radical (unpaired) electrons. The molecule has 0 aliphatic carbocycles. The topological polar surface area (TPSA) is 76.9 Å². The van der Waals surface area contributed by atoms with Gasteiger partial charge >= 0.3 is 0 Å². The summed E-state index contributed by atoms with van der Waals surface area (Å²) in [6, 6.07) is 10.5. The van der Waals surface area contributed by atoms with Crippen LogP contribution in [0, 0.1) is 12.7 Å². The van der Waals surface area contributed by atoms with Gasteiger partial charge < -0.3 is 0 Å². The number of nitrogens with one attached hydrogen (secondary N) is 1. The van der Waals surface area contributed by atoms with Crippen LogP contribution in [0.4, 0.5) is 9.52 Å². The van der Waals surface area contributed by atoms with Crippen LogP contribution >= 0.6 is 22.9 Å². The highest BCUT2D eigenvalue weighted by atomic mass is 35.5. The second-order valence-corrected chi connectivity index (χ2v) is 7.68. The number of hydrogen-bond donors (Lipinski definition) is 1. The summed E-state index contributed by atoms with van der Waals surface area (Å²) in [6.45, 7) is 1.86. The zero-order valence-electron chi connectivity index (χ0n) is 15.6. The Morgan fingerprint density at radius 1 is 1.17 bits per heavy atom. The Labute approximate surface area is 179 Å². The molecule has 3 heterocycles. The molecule has 30 heavy (non-hydrogen) atoms. The fourth-order valence-corrected chi connectivity index (χ4v) is 3.59. The lowest BCUT2D eigenvalue weighted by Gasteiger charge is -2.09. The van der Waals surface area contributed by atoms with E-state index in [0.29, 0.717) is 27.2 Å². The molecule has 0 fully saturated rings. The number of anilines is 1. The van der Waals surface area contributed by atoms with Crippen molar-refractivity contribution >= 4 is 34.0 Å². The van der Waals surface area contributed by atoms with Crippen molar-refractivity contribution in [1.29, 1.82) is 0 Å². The molecule has 0 aliphatic heterocycles. The van der Waals surface area contributed by atoms with E-state index in [1.54, 1.807) is 23.6 Å². The van der Waals surface area contributed by atoms with Gasteiger partial charge in [-0.15, -0.1) is 11.3 Å². The second-order valence-electron chi connectivity index (χ2n) is 6.41. The summed E-state index contributed by atoms with van der Waals surface area (Å²) in [4.78, 5) is 33.3. The van der Waals surface area contributed by atoms with Crippen molar-refractivity contribution in [3.63, 3.8) is 0 Å². The van der Waals surface area contributed by atoms with E-state index in [0.717, 1.165) is 5.56 Å². The van der Waals surface area contributed by atoms with Gasteiger partial charge in [0.25, 0.3) is 11.5 Å². The molecule has 1 N–H and O–H groups in total. The van der Waals surface area contributed by atoms with Crippen molar-refractivity contribution in [2.45, 2.75) is 6.92 Å². The van der Waals surface area contributed by atoms with Crippen molar-refractivity contribution in [3.05, 3.63) is 92.6 Å². The molecular formula is C21H14ClFN4O2S. The van der Waals surface area contributed by atoms with Gasteiger partial charge in [0.1, 0.15) is 11.5 Å². The highest BCUT2D eigenvalue weighted by molar-refractivity contribution is 7.14. The second kappa shape index (κ2) is 8.17. The van der Waals surface area contributed by atoms with E-state index < -0.39 is 11.7 Å². The zero-order chi connectivity index (χ0) is 21.3. The quantitative estimate of drug-likeness (QED) is 0.498. The Kier molecular flexibility index (Phi) is 5.43. The largest absolute Gasteiger partial charge is 0.298 e. The minimum Gasteiger partial charge on any atom is -0.298 e. The predicted octanol–water partition coefficient (Wildman–Crippen LogP) is 4.71. The van der Waals surface area contributed by atoms with Gasteiger partial charge in [0, 0.05) is 34.9 Å². The van der Waals surface area contributed by atoms with E-state index in [4.69, 9.17) is 11.6 Å². The van der Waals surface area contributed by atoms with E-state index in [1.165, 1.54) is 52.6 Å². The van der Waals surface area contributed by atoms with Gasteiger partial charge in [0.15, 0.2) is 5.13 Å². The van der Waals surface area contributed by atoms with Crippen molar-refractivity contribution in [2.24, 2.45) is 0 Å². The lowest BCUT2D eigenvalue weighted by atomic mass is 10.2. The van der Waals surface area contributed by atoms with Crippen LogP contribution in [0.3, 0.4) is 0 Å². The Morgan fingerprint density at radius 3 is 2.77 bits per heavy atom. The first-order chi connectivity index (χ1) is 14.4. The molecule has 4 aromatic rings. The zero-order valence-corrected chi connectivity index (χ0v) is 17.2. The molecule has 0 spiro atoms. The molecule has 0 aliphatic rings. The summed E-state index contributed by atoms with van der Waals surface area (Å²) >= 11 is 7.35. The maximum atomic E-state index is 13.4. The van der Waals surface area contributed by atoms with Crippen molar-refractivity contribution < 1.29 is 9.18 Å². The van der Waals surface area contributed by atoms with Crippen LogP contribution in [0.2, 0.25) is 5.02 Å². The third-order valence-electron chi connectivity index (χ3n) is 4.32. The van der Waals surface area contributed by atoms with Gasteiger partial charge in [-0.1, -0.05) is 17.7 Å². The maximum absolute atomic E-state index is 13.4. The van der Waals surface area contributed by atoms with Crippen molar-refractivity contribution in [2.75, 3.05) is 5.32 Å². The Bertz CT molecular complexity index is 1320.